The van der Waals surface area contributed by atoms with E-state index in [1.807, 2.05) is 6.07 Å². The predicted molar refractivity (Wildman–Crippen MR) is 82.4 cm³/mol. The number of ether oxygens (including phenoxy) is 2. The first-order valence-corrected chi connectivity index (χ1v) is 7.58. The highest BCUT2D eigenvalue weighted by atomic mass is 16.5. The molecule has 0 aliphatic heterocycles. The monoisotopic (exact) mass is 277 g/mol. The molecule has 0 amide bonds. The highest BCUT2D eigenvalue weighted by Crippen LogP contribution is 2.30. The fraction of sp³-hybridized carbons (Fsp3) is 0.647. The van der Waals surface area contributed by atoms with Crippen LogP contribution in [-0.2, 0) is 6.54 Å². The van der Waals surface area contributed by atoms with Gasteiger partial charge in [-0.2, -0.15) is 0 Å². The number of methoxy groups -OCH3 is 2. The Hall–Kier alpha value is -1.22. The van der Waals surface area contributed by atoms with Crippen molar-refractivity contribution in [2.75, 3.05) is 14.2 Å². The fourth-order valence-corrected chi connectivity index (χ4v) is 2.99. The van der Waals surface area contributed by atoms with E-state index >= 15 is 0 Å². The summed E-state index contributed by atoms with van der Waals surface area (Å²) < 4.78 is 10.6. The van der Waals surface area contributed by atoms with Crippen LogP contribution in [0.3, 0.4) is 0 Å². The molecule has 0 aromatic heterocycles. The molecule has 3 nitrogen and oxygen atoms in total. The smallest absolute Gasteiger partial charge is 0.161 e. The molecule has 1 aromatic rings. The third-order valence-electron chi connectivity index (χ3n) is 4.64. The third-order valence-corrected chi connectivity index (χ3v) is 4.64. The molecule has 0 radical (unpaired) electrons. The van der Waals surface area contributed by atoms with Crippen molar-refractivity contribution in [2.24, 2.45) is 11.8 Å². The molecule has 1 fully saturated rings. The topological polar surface area (TPSA) is 30.5 Å². The lowest BCUT2D eigenvalue weighted by atomic mass is 9.79. The van der Waals surface area contributed by atoms with Gasteiger partial charge < -0.3 is 14.8 Å². The second kappa shape index (κ2) is 6.98. The number of nitrogens with one attached hydrogen (secondary N) is 1. The van der Waals surface area contributed by atoms with Gasteiger partial charge in [0.15, 0.2) is 11.5 Å². The van der Waals surface area contributed by atoms with Crippen molar-refractivity contribution >= 4 is 0 Å². The van der Waals surface area contributed by atoms with Gasteiger partial charge in [-0.25, -0.2) is 0 Å². The van der Waals surface area contributed by atoms with Crippen LogP contribution in [0.5, 0.6) is 11.5 Å². The number of hydrogen-bond acceptors (Lipinski definition) is 3. The van der Waals surface area contributed by atoms with E-state index in [1.165, 1.54) is 24.8 Å². The number of benzene rings is 1. The molecule has 3 unspecified atom stereocenters. The van der Waals surface area contributed by atoms with Gasteiger partial charge in [0.25, 0.3) is 0 Å². The number of hydrogen-bond donors (Lipinski definition) is 1. The minimum atomic E-state index is 0.647. The van der Waals surface area contributed by atoms with Gasteiger partial charge in [-0.05, 0) is 48.8 Å². The van der Waals surface area contributed by atoms with Crippen LogP contribution in [0.25, 0.3) is 0 Å². The van der Waals surface area contributed by atoms with E-state index in [9.17, 15) is 0 Å². The molecule has 0 heterocycles. The Bertz CT molecular complexity index is 433. The maximum Gasteiger partial charge on any atom is 0.161 e. The maximum absolute atomic E-state index is 5.35. The van der Waals surface area contributed by atoms with Gasteiger partial charge >= 0.3 is 0 Å². The summed E-state index contributed by atoms with van der Waals surface area (Å²) in [5.41, 5.74) is 1.24. The second-order valence-electron chi connectivity index (χ2n) is 6.03. The molecule has 0 spiro atoms. The minimum Gasteiger partial charge on any atom is -0.493 e. The largest absolute Gasteiger partial charge is 0.493 e. The molecule has 1 aliphatic rings. The van der Waals surface area contributed by atoms with Crippen molar-refractivity contribution in [3.8, 4) is 11.5 Å². The molecule has 1 N–H and O–H groups in total. The Kier molecular flexibility index (Phi) is 5.30. The highest BCUT2D eigenvalue weighted by Gasteiger charge is 2.23. The van der Waals surface area contributed by atoms with Crippen LogP contribution in [0, 0.1) is 11.8 Å². The Morgan fingerprint density at radius 3 is 2.45 bits per heavy atom. The first-order valence-electron chi connectivity index (χ1n) is 7.58. The van der Waals surface area contributed by atoms with E-state index in [0.29, 0.717) is 6.04 Å². The van der Waals surface area contributed by atoms with Crippen LogP contribution in [0.1, 0.15) is 38.7 Å². The van der Waals surface area contributed by atoms with Gasteiger partial charge in [0, 0.05) is 12.6 Å². The van der Waals surface area contributed by atoms with Gasteiger partial charge in [-0.15, -0.1) is 0 Å². The van der Waals surface area contributed by atoms with E-state index in [2.05, 4.69) is 31.3 Å². The molecule has 1 aliphatic carbocycles. The summed E-state index contributed by atoms with van der Waals surface area (Å²) >= 11 is 0. The van der Waals surface area contributed by atoms with Crippen molar-refractivity contribution in [1.29, 1.82) is 0 Å². The quantitative estimate of drug-likeness (QED) is 0.891. The van der Waals surface area contributed by atoms with Crippen molar-refractivity contribution in [2.45, 2.75) is 45.7 Å². The Balaban J connectivity index is 1.91. The minimum absolute atomic E-state index is 0.647. The Morgan fingerprint density at radius 2 is 1.80 bits per heavy atom. The molecule has 112 valence electrons. The van der Waals surface area contributed by atoms with E-state index < -0.39 is 0 Å². The zero-order valence-electron chi connectivity index (χ0n) is 13.1. The lowest BCUT2D eigenvalue weighted by molar-refractivity contribution is 0.225. The Morgan fingerprint density at radius 1 is 1.05 bits per heavy atom. The molecule has 1 saturated carbocycles. The molecule has 3 atom stereocenters. The summed E-state index contributed by atoms with van der Waals surface area (Å²) in [6.07, 6.45) is 3.91. The molecule has 20 heavy (non-hydrogen) atoms. The lowest BCUT2D eigenvalue weighted by Gasteiger charge is -2.32. The van der Waals surface area contributed by atoms with Crippen LogP contribution in [0.15, 0.2) is 18.2 Å². The number of rotatable bonds is 5. The zero-order valence-corrected chi connectivity index (χ0v) is 13.1. The molecule has 1 aromatic carbocycles. The van der Waals surface area contributed by atoms with Gasteiger partial charge in [0.2, 0.25) is 0 Å². The zero-order chi connectivity index (χ0) is 14.5. The molecule has 0 bridgehead atoms. The first-order chi connectivity index (χ1) is 9.63. The third kappa shape index (κ3) is 3.66. The van der Waals surface area contributed by atoms with Crippen LogP contribution in [0.4, 0.5) is 0 Å². The maximum atomic E-state index is 5.35. The first kappa shape index (κ1) is 15.2. The van der Waals surface area contributed by atoms with E-state index in [4.69, 9.17) is 9.47 Å². The molecular formula is C17H27NO2. The van der Waals surface area contributed by atoms with E-state index in [1.54, 1.807) is 14.2 Å². The average Bonchev–Trinajstić information content (AvgIpc) is 2.48. The standard InChI is InChI=1S/C17H27NO2/c1-12-5-7-15(9-13(12)2)18-11-14-6-8-16(19-3)17(10-14)20-4/h6,8,10,12-13,15,18H,5,7,9,11H2,1-4H3. The normalized spacial score (nSPS) is 26.3. The summed E-state index contributed by atoms with van der Waals surface area (Å²) in [6, 6.07) is 6.78. The van der Waals surface area contributed by atoms with Gasteiger partial charge in [-0.3, -0.25) is 0 Å². The predicted octanol–water partition coefficient (Wildman–Crippen LogP) is 3.62. The Labute approximate surface area is 122 Å². The van der Waals surface area contributed by atoms with Crippen LogP contribution in [0.2, 0.25) is 0 Å². The van der Waals surface area contributed by atoms with Crippen molar-refractivity contribution in [3.63, 3.8) is 0 Å². The van der Waals surface area contributed by atoms with Crippen LogP contribution < -0.4 is 14.8 Å². The lowest BCUT2D eigenvalue weighted by Crippen LogP contribution is -2.35. The summed E-state index contributed by atoms with van der Waals surface area (Å²) in [6.45, 7) is 5.64. The van der Waals surface area contributed by atoms with Crippen LogP contribution in [-0.4, -0.2) is 20.3 Å². The summed E-state index contributed by atoms with van der Waals surface area (Å²) in [4.78, 5) is 0. The highest BCUT2D eigenvalue weighted by molar-refractivity contribution is 5.42. The SMILES string of the molecule is COc1ccc(CNC2CCC(C)C(C)C2)cc1OC. The van der Waals surface area contributed by atoms with Gasteiger partial charge in [0.05, 0.1) is 14.2 Å². The van der Waals surface area contributed by atoms with Crippen molar-refractivity contribution in [3.05, 3.63) is 23.8 Å². The van der Waals surface area contributed by atoms with Gasteiger partial charge in [-0.1, -0.05) is 19.9 Å². The fourth-order valence-electron chi connectivity index (χ4n) is 2.99. The van der Waals surface area contributed by atoms with E-state index in [-0.39, 0.29) is 0 Å². The average molecular weight is 277 g/mol. The molecule has 0 saturated heterocycles. The molecule has 2 rings (SSSR count). The second-order valence-corrected chi connectivity index (χ2v) is 6.03. The summed E-state index contributed by atoms with van der Waals surface area (Å²) in [7, 11) is 3.35. The van der Waals surface area contributed by atoms with E-state index in [0.717, 1.165) is 29.9 Å². The van der Waals surface area contributed by atoms with Crippen LogP contribution >= 0.6 is 0 Å². The van der Waals surface area contributed by atoms with Crippen molar-refractivity contribution < 1.29 is 9.47 Å². The summed E-state index contributed by atoms with van der Waals surface area (Å²) in [5, 5.41) is 3.68. The van der Waals surface area contributed by atoms with Gasteiger partial charge in [0.1, 0.15) is 0 Å². The summed E-state index contributed by atoms with van der Waals surface area (Å²) in [5.74, 6) is 3.29. The molecule has 3 heteroatoms. The molecular weight excluding hydrogens is 250 g/mol. The van der Waals surface area contributed by atoms with Crippen molar-refractivity contribution in [1.82, 2.24) is 5.32 Å².